The fraction of sp³-hybridized carbons (Fsp3) is 0.111. The van der Waals surface area contributed by atoms with Gasteiger partial charge in [0.2, 0.25) is 5.75 Å². The highest BCUT2D eigenvalue weighted by Crippen LogP contribution is 2.37. The van der Waals surface area contributed by atoms with Crippen molar-refractivity contribution in [2.75, 3.05) is 14.2 Å². The fourth-order valence-electron chi connectivity index (χ4n) is 2.25. The van der Waals surface area contributed by atoms with E-state index >= 15 is 0 Å². The molecule has 0 atom stereocenters. The van der Waals surface area contributed by atoms with Gasteiger partial charge in [0, 0.05) is 0 Å². The summed E-state index contributed by atoms with van der Waals surface area (Å²) in [5.74, 6) is 1.14. The van der Waals surface area contributed by atoms with Crippen molar-refractivity contribution in [1.82, 2.24) is 10.1 Å². The van der Waals surface area contributed by atoms with Crippen LogP contribution in [0, 0.1) is 0 Å². The van der Waals surface area contributed by atoms with Gasteiger partial charge < -0.3 is 24.2 Å². The molecule has 0 spiro atoms. The van der Waals surface area contributed by atoms with E-state index in [1.54, 1.807) is 48.6 Å². The van der Waals surface area contributed by atoms with Crippen LogP contribution in [0.4, 0.5) is 0 Å². The smallest absolute Gasteiger partial charge is 0.261 e. The normalized spacial score (nSPS) is 11.0. The van der Waals surface area contributed by atoms with Gasteiger partial charge in [-0.15, -0.1) is 0 Å². The number of nitrogens with zero attached hydrogens (tertiary/aromatic N) is 2. The first kappa shape index (κ1) is 16.4. The predicted molar refractivity (Wildman–Crippen MR) is 91.5 cm³/mol. The monoisotopic (exact) mass is 340 g/mol. The predicted octanol–water partition coefficient (Wildman–Crippen LogP) is 3.34. The fourth-order valence-corrected chi connectivity index (χ4v) is 2.25. The molecule has 1 heterocycles. The number of aromatic hydroxyl groups is 2. The highest BCUT2D eigenvalue weighted by molar-refractivity contribution is 5.71. The lowest BCUT2D eigenvalue weighted by molar-refractivity contribution is 0.340. The molecule has 7 heteroatoms. The van der Waals surface area contributed by atoms with Crippen LogP contribution in [0.5, 0.6) is 23.0 Å². The molecule has 0 unspecified atom stereocenters. The summed E-state index contributed by atoms with van der Waals surface area (Å²) in [6.45, 7) is 0. The van der Waals surface area contributed by atoms with Crippen LogP contribution in [0.3, 0.4) is 0 Å². The van der Waals surface area contributed by atoms with Crippen molar-refractivity contribution < 1.29 is 24.2 Å². The molecule has 0 aliphatic carbocycles. The van der Waals surface area contributed by atoms with Crippen LogP contribution in [0.1, 0.15) is 11.4 Å². The van der Waals surface area contributed by atoms with E-state index < -0.39 is 0 Å². The van der Waals surface area contributed by atoms with Crippen LogP contribution in [0.2, 0.25) is 0 Å². The van der Waals surface area contributed by atoms with Crippen molar-refractivity contribution in [1.29, 1.82) is 0 Å². The van der Waals surface area contributed by atoms with E-state index in [4.69, 9.17) is 14.0 Å². The van der Waals surface area contributed by atoms with E-state index in [1.807, 2.05) is 0 Å². The highest BCUT2D eigenvalue weighted by atomic mass is 16.5. The molecule has 1 aromatic heterocycles. The number of ether oxygens (including phenoxy) is 2. The van der Waals surface area contributed by atoms with Gasteiger partial charge in [-0.2, -0.15) is 4.98 Å². The van der Waals surface area contributed by atoms with Crippen LogP contribution >= 0.6 is 0 Å². The van der Waals surface area contributed by atoms with Crippen LogP contribution in [0.25, 0.3) is 23.6 Å². The number of hydrogen-bond acceptors (Lipinski definition) is 7. The van der Waals surface area contributed by atoms with E-state index in [-0.39, 0.29) is 17.4 Å². The topological polar surface area (TPSA) is 97.8 Å². The molecule has 25 heavy (non-hydrogen) atoms. The molecule has 0 aliphatic rings. The Morgan fingerprint density at radius 2 is 1.68 bits per heavy atom. The van der Waals surface area contributed by atoms with Gasteiger partial charge in [0.05, 0.1) is 19.8 Å². The van der Waals surface area contributed by atoms with Gasteiger partial charge in [0.15, 0.2) is 17.3 Å². The Bertz CT molecular complexity index is 892. The Balaban J connectivity index is 1.87. The Labute approximate surface area is 143 Å². The number of phenols is 2. The van der Waals surface area contributed by atoms with Crippen LogP contribution in [-0.2, 0) is 0 Å². The lowest BCUT2D eigenvalue weighted by Crippen LogP contribution is -1.90. The molecule has 0 saturated carbocycles. The third kappa shape index (κ3) is 3.40. The maximum Gasteiger partial charge on any atom is 0.261 e. The molecular weight excluding hydrogens is 324 g/mol. The molecule has 3 rings (SSSR count). The minimum Gasteiger partial charge on any atom is -0.507 e. The number of methoxy groups -OCH3 is 2. The number of aromatic nitrogens is 2. The molecule has 3 aromatic rings. The largest absolute Gasteiger partial charge is 0.507 e. The number of benzene rings is 2. The van der Waals surface area contributed by atoms with Gasteiger partial charge in [-0.1, -0.05) is 23.4 Å². The molecule has 0 saturated heterocycles. The van der Waals surface area contributed by atoms with Crippen LogP contribution in [0.15, 0.2) is 40.9 Å². The van der Waals surface area contributed by atoms with Gasteiger partial charge in [-0.3, -0.25) is 0 Å². The number of phenolic OH excluding ortho intramolecular Hbond substituents is 2. The summed E-state index contributed by atoms with van der Waals surface area (Å²) in [7, 11) is 2.92. The van der Waals surface area contributed by atoms with Gasteiger partial charge >= 0.3 is 0 Å². The SMILES string of the molecule is COc1cc(C=Cc2noc(-c3ccccc3O)n2)cc(OC)c1O. The number of hydrogen-bond donors (Lipinski definition) is 2. The van der Waals surface area contributed by atoms with E-state index in [9.17, 15) is 10.2 Å². The van der Waals surface area contributed by atoms with Gasteiger partial charge in [0.1, 0.15) is 5.75 Å². The minimum absolute atomic E-state index is 0.0645. The molecule has 0 bridgehead atoms. The molecular formula is C18H16N2O5. The standard InChI is InChI=1S/C18H16N2O5/c1-23-14-9-11(10-15(24-2)17(14)22)7-8-16-19-18(25-20-16)12-5-3-4-6-13(12)21/h3-10,21-22H,1-2H3. The number of para-hydroxylation sites is 1. The Kier molecular flexibility index (Phi) is 4.56. The summed E-state index contributed by atoms with van der Waals surface area (Å²) in [6, 6.07) is 10.0. The second-order valence-corrected chi connectivity index (χ2v) is 5.08. The summed E-state index contributed by atoms with van der Waals surface area (Å²) in [5.41, 5.74) is 1.18. The molecule has 128 valence electrons. The maximum atomic E-state index is 9.92. The zero-order valence-corrected chi connectivity index (χ0v) is 13.6. The van der Waals surface area contributed by atoms with Crippen molar-refractivity contribution in [3.63, 3.8) is 0 Å². The Hall–Kier alpha value is -3.48. The van der Waals surface area contributed by atoms with E-state index in [1.165, 1.54) is 14.2 Å². The zero-order valence-electron chi connectivity index (χ0n) is 13.6. The molecule has 0 radical (unpaired) electrons. The molecule has 7 nitrogen and oxygen atoms in total. The van der Waals surface area contributed by atoms with Gasteiger partial charge in [-0.25, -0.2) is 0 Å². The quantitative estimate of drug-likeness (QED) is 0.735. The van der Waals surface area contributed by atoms with Crippen molar-refractivity contribution in [3.8, 4) is 34.5 Å². The van der Waals surface area contributed by atoms with E-state index in [0.29, 0.717) is 22.9 Å². The van der Waals surface area contributed by atoms with Crippen molar-refractivity contribution in [2.24, 2.45) is 0 Å². The first-order chi connectivity index (χ1) is 12.1. The average Bonchev–Trinajstić information content (AvgIpc) is 3.10. The summed E-state index contributed by atoms with van der Waals surface area (Å²) < 4.78 is 15.4. The first-order valence-corrected chi connectivity index (χ1v) is 7.37. The summed E-state index contributed by atoms with van der Waals surface area (Å²) in [4.78, 5) is 4.22. The van der Waals surface area contributed by atoms with Crippen molar-refractivity contribution in [2.45, 2.75) is 0 Å². The zero-order chi connectivity index (χ0) is 17.8. The minimum atomic E-state index is -0.0662. The van der Waals surface area contributed by atoms with E-state index in [0.717, 1.165) is 5.56 Å². The summed E-state index contributed by atoms with van der Waals surface area (Å²) in [6.07, 6.45) is 3.36. The summed E-state index contributed by atoms with van der Waals surface area (Å²) >= 11 is 0. The average molecular weight is 340 g/mol. The first-order valence-electron chi connectivity index (χ1n) is 7.37. The van der Waals surface area contributed by atoms with E-state index in [2.05, 4.69) is 10.1 Å². The molecule has 2 N–H and O–H groups in total. The summed E-state index contributed by atoms with van der Waals surface area (Å²) in [5, 5.41) is 23.6. The van der Waals surface area contributed by atoms with Gasteiger partial charge in [-0.05, 0) is 35.9 Å². The molecule has 2 aromatic carbocycles. The van der Waals surface area contributed by atoms with Crippen molar-refractivity contribution in [3.05, 3.63) is 47.8 Å². The lowest BCUT2D eigenvalue weighted by Gasteiger charge is -2.09. The molecule has 0 aliphatic heterocycles. The second-order valence-electron chi connectivity index (χ2n) is 5.08. The maximum absolute atomic E-state index is 9.92. The third-order valence-corrected chi connectivity index (χ3v) is 3.50. The second kappa shape index (κ2) is 6.96. The Morgan fingerprint density at radius 1 is 1.00 bits per heavy atom. The van der Waals surface area contributed by atoms with Crippen LogP contribution < -0.4 is 9.47 Å². The Morgan fingerprint density at radius 3 is 2.32 bits per heavy atom. The highest BCUT2D eigenvalue weighted by Gasteiger charge is 2.12. The molecule has 0 amide bonds. The van der Waals surface area contributed by atoms with Gasteiger partial charge in [0.25, 0.3) is 5.89 Å². The van der Waals surface area contributed by atoms with Crippen LogP contribution in [-0.4, -0.2) is 34.6 Å². The van der Waals surface area contributed by atoms with Crippen molar-refractivity contribution >= 4 is 12.2 Å². The number of rotatable bonds is 5. The molecule has 0 fully saturated rings. The lowest BCUT2D eigenvalue weighted by atomic mass is 10.1. The third-order valence-electron chi connectivity index (χ3n) is 3.50.